The van der Waals surface area contributed by atoms with Gasteiger partial charge in [0.05, 0.1) is 11.4 Å². The summed E-state index contributed by atoms with van der Waals surface area (Å²) in [6.07, 6.45) is 2.78. The first-order valence-corrected chi connectivity index (χ1v) is 22.2. The van der Waals surface area contributed by atoms with Crippen molar-refractivity contribution in [3.05, 3.63) is 165 Å². The monoisotopic (exact) mass is 807 g/mol. The fourth-order valence-electron chi connectivity index (χ4n) is 10.2. The van der Waals surface area contributed by atoms with Crippen LogP contribution in [0.1, 0.15) is 144 Å². The number of pyridine rings is 1. The Morgan fingerprint density at radius 2 is 1.36 bits per heavy atom. The molecule has 2 atom stereocenters. The molecule has 1 aromatic heterocycles. The quantitative estimate of drug-likeness (QED) is 0.161. The number of nitrogens with zero attached hydrogens (tertiary/aromatic N) is 3. The molecule has 2 aliphatic heterocycles. The van der Waals surface area contributed by atoms with E-state index in [1.165, 1.54) is 55.6 Å². The van der Waals surface area contributed by atoms with Crippen molar-refractivity contribution >= 4 is 23.1 Å². The van der Waals surface area contributed by atoms with Crippen LogP contribution in [0.25, 0.3) is 11.1 Å². The molecule has 3 heterocycles. The Morgan fingerprint density at radius 3 is 2.07 bits per heavy atom. The zero-order chi connectivity index (χ0) is 43.4. The first kappa shape index (κ1) is 40.7. The number of para-hydroxylation sites is 1. The summed E-state index contributed by atoms with van der Waals surface area (Å²) in [4.78, 5) is 12.8. The van der Waals surface area contributed by atoms with Gasteiger partial charge in [0, 0.05) is 35.2 Å². The maximum Gasteiger partial charge on any atom is 0.217 e. The summed E-state index contributed by atoms with van der Waals surface area (Å²) in [5.41, 5.74) is 15.7. The van der Waals surface area contributed by atoms with Gasteiger partial charge in [-0.1, -0.05) is 117 Å². The largest absolute Gasteiger partial charge is 0.464 e. The van der Waals surface area contributed by atoms with Gasteiger partial charge in [-0.15, -0.1) is 0 Å². The summed E-state index contributed by atoms with van der Waals surface area (Å²) >= 11 is 0. The number of anilines is 3. The topological polar surface area (TPSA) is 47.0 Å². The molecule has 0 unspecified atom stereocenters. The van der Waals surface area contributed by atoms with Gasteiger partial charge >= 0.3 is 0 Å². The Hall–Kier alpha value is -5.68. The van der Waals surface area contributed by atoms with E-state index in [9.17, 15) is 0 Å². The van der Waals surface area contributed by atoms with Gasteiger partial charge in [-0.3, -0.25) is 4.90 Å². The molecular weight excluding hydrogens is 747 g/mol. The standard InChI is InChI=1S/C56H61N3O2/c1-33(2)42-17-16-18-43(34(3)4)51(42)37-27-38(52-58-55(12)32-44-36(6)35(5)21-23-45(44)56(55,13)61-52)29-41(28-37)60-40-22-24-47-49(31-40)59(48-20-15-14-19-46(48)54(47,10)11)50-30-39(25-26-57-50)53(7,8)9/h14-31,33-34H,32H2,1-13H3/t55-,56+/m1/s1. The van der Waals surface area contributed by atoms with E-state index >= 15 is 0 Å². The second kappa shape index (κ2) is 14.2. The second-order valence-corrected chi connectivity index (χ2v) is 20.3. The van der Waals surface area contributed by atoms with Gasteiger partial charge in [0.15, 0.2) is 5.60 Å². The lowest BCUT2D eigenvalue weighted by molar-refractivity contribution is 0.0450. The molecule has 0 N–H and O–H groups in total. The van der Waals surface area contributed by atoms with Gasteiger partial charge in [-0.05, 0) is 143 Å². The van der Waals surface area contributed by atoms with Crippen LogP contribution in [0.3, 0.4) is 0 Å². The predicted octanol–water partition coefficient (Wildman–Crippen LogP) is 14.8. The molecule has 0 spiro atoms. The van der Waals surface area contributed by atoms with E-state index in [2.05, 4.69) is 198 Å². The van der Waals surface area contributed by atoms with Gasteiger partial charge in [0.1, 0.15) is 22.9 Å². The van der Waals surface area contributed by atoms with Crippen molar-refractivity contribution in [3.63, 3.8) is 0 Å². The fraction of sp³-hybridized carbons (Fsp3) is 0.357. The molecule has 312 valence electrons. The number of aromatic nitrogens is 1. The normalized spacial score (nSPS) is 19.9. The molecule has 6 aromatic rings. The van der Waals surface area contributed by atoms with Crippen molar-refractivity contribution < 1.29 is 9.47 Å². The number of aliphatic imine (C=N–C) groups is 1. The van der Waals surface area contributed by atoms with E-state index in [1.54, 1.807) is 0 Å². The van der Waals surface area contributed by atoms with Crippen LogP contribution in [0, 0.1) is 13.8 Å². The average Bonchev–Trinajstić information content (AvgIpc) is 3.61. The average molecular weight is 808 g/mol. The highest BCUT2D eigenvalue weighted by Gasteiger charge is 2.59. The van der Waals surface area contributed by atoms with Gasteiger partial charge in [-0.25, -0.2) is 9.98 Å². The minimum absolute atomic E-state index is 0.0331. The van der Waals surface area contributed by atoms with Crippen molar-refractivity contribution in [2.24, 2.45) is 4.99 Å². The highest BCUT2D eigenvalue weighted by molar-refractivity contribution is 5.98. The van der Waals surface area contributed by atoms with Crippen LogP contribution in [-0.2, 0) is 27.6 Å². The minimum Gasteiger partial charge on any atom is -0.464 e. The summed E-state index contributed by atoms with van der Waals surface area (Å²) in [6, 6.07) is 37.5. The Bertz CT molecular complexity index is 2740. The third kappa shape index (κ3) is 6.49. The van der Waals surface area contributed by atoms with Crippen molar-refractivity contribution in [2.75, 3.05) is 4.90 Å². The third-order valence-corrected chi connectivity index (χ3v) is 14.2. The van der Waals surface area contributed by atoms with E-state index in [4.69, 9.17) is 19.5 Å². The molecule has 5 nitrogen and oxygen atoms in total. The number of hydrogen-bond acceptors (Lipinski definition) is 5. The van der Waals surface area contributed by atoms with E-state index in [1.807, 2.05) is 6.20 Å². The Kier molecular flexibility index (Phi) is 9.47. The summed E-state index contributed by atoms with van der Waals surface area (Å²) < 4.78 is 14.2. The van der Waals surface area contributed by atoms with Gasteiger partial charge < -0.3 is 9.47 Å². The SMILES string of the molecule is Cc1ccc2c(c1C)C[C@@]1(C)N=C(c3cc(Oc4ccc5c(c4)N(c4cc(C(C)(C)C)ccn4)c4ccccc4C5(C)C)cc(-c4c(C(C)C)cccc4C(C)C)c3)O[C@@]21C. The molecule has 0 fully saturated rings. The number of rotatable bonds is 7. The number of aryl methyl sites for hydroxylation is 1. The highest BCUT2D eigenvalue weighted by Crippen LogP contribution is 2.55. The zero-order valence-electron chi connectivity index (χ0n) is 38.4. The van der Waals surface area contributed by atoms with Crippen LogP contribution in [0.4, 0.5) is 17.2 Å². The maximum absolute atomic E-state index is 7.14. The van der Waals surface area contributed by atoms with Crippen molar-refractivity contribution in [1.82, 2.24) is 4.98 Å². The summed E-state index contributed by atoms with van der Waals surface area (Å²) in [6.45, 7) is 29.4. The van der Waals surface area contributed by atoms with Crippen molar-refractivity contribution in [2.45, 2.75) is 130 Å². The molecule has 5 aromatic carbocycles. The molecular formula is C56H61N3O2. The zero-order valence-corrected chi connectivity index (χ0v) is 38.4. The van der Waals surface area contributed by atoms with Gasteiger partial charge in [0.25, 0.3) is 0 Å². The van der Waals surface area contributed by atoms with Crippen LogP contribution < -0.4 is 9.64 Å². The van der Waals surface area contributed by atoms with Gasteiger partial charge in [0.2, 0.25) is 5.90 Å². The first-order chi connectivity index (χ1) is 28.8. The van der Waals surface area contributed by atoms with E-state index in [0.717, 1.165) is 46.2 Å². The lowest BCUT2D eigenvalue weighted by Crippen LogP contribution is -2.40. The lowest BCUT2D eigenvalue weighted by Gasteiger charge is -2.41. The summed E-state index contributed by atoms with van der Waals surface area (Å²) in [5.74, 6) is 3.69. The van der Waals surface area contributed by atoms with Crippen LogP contribution >= 0.6 is 0 Å². The fourth-order valence-corrected chi connectivity index (χ4v) is 10.2. The highest BCUT2D eigenvalue weighted by atomic mass is 16.5. The Balaban J connectivity index is 1.20. The van der Waals surface area contributed by atoms with Crippen LogP contribution in [0.15, 0.2) is 114 Å². The third-order valence-electron chi connectivity index (χ3n) is 14.2. The molecule has 0 saturated carbocycles. The molecule has 3 aliphatic rings. The van der Waals surface area contributed by atoms with Crippen LogP contribution in [-0.4, -0.2) is 16.4 Å². The molecule has 1 aliphatic carbocycles. The predicted molar refractivity (Wildman–Crippen MR) is 253 cm³/mol. The first-order valence-electron chi connectivity index (χ1n) is 22.2. The Morgan fingerprint density at radius 1 is 0.689 bits per heavy atom. The van der Waals surface area contributed by atoms with Gasteiger partial charge in [-0.2, -0.15) is 0 Å². The molecule has 0 radical (unpaired) electrons. The van der Waals surface area contributed by atoms with Crippen molar-refractivity contribution in [3.8, 4) is 22.6 Å². The van der Waals surface area contributed by atoms with Crippen molar-refractivity contribution in [1.29, 1.82) is 0 Å². The summed E-state index contributed by atoms with van der Waals surface area (Å²) in [7, 11) is 0. The number of hydrogen-bond donors (Lipinski definition) is 0. The minimum atomic E-state index is -0.588. The molecule has 0 amide bonds. The van der Waals surface area contributed by atoms with E-state index in [0.29, 0.717) is 17.7 Å². The molecule has 5 heteroatoms. The maximum atomic E-state index is 7.14. The number of ether oxygens (including phenoxy) is 2. The molecule has 0 bridgehead atoms. The number of benzene rings is 5. The lowest BCUT2D eigenvalue weighted by atomic mass is 9.73. The Labute approximate surface area is 363 Å². The summed E-state index contributed by atoms with van der Waals surface area (Å²) in [5, 5.41) is 0. The molecule has 61 heavy (non-hydrogen) atoms. The van der Waals surface area contributed by atoms with Crippen LogP contribution in [0.5, 0.6) is 11.5 Å². The molecule has 9 rings (SSSR count). The van der Waals surface area contributed by atoms with E-state index < -0.39 is 11.1 Å². The smallest absolute Gasteiger partial charge is 0.217 e. The molecule has 0 saturated heterocycles. The van der Waals surface area contributed by atoms with Crippen LogP contribution in [0.2, 0.25) is 0 Å². The second-order valence-electron chi connectivity index (χ2n) is 20.3. The van der Waals surface area contributed by atoms with E-state index in [-0.39, 0.29) is 10.8 Å². The number of fused-ring (bicyclic) bond motifs is 5.